The Hall–Kier alpha value is -2.44. The summed E-state index contributed by atoms with van der Waals surface area (Å²) in [4.78, 5) is 16.1. The van der Waals surface area contributed by atoms with Crippen molar-refractivity contribution in [3.05, 3.63) is 59.6 Å². The van der Waals surface area contributed by atoms with Gasteiger partial charge >= 0.3 is 0 Å². The van der Waals surface area contributed by atoms with E-state index >= 15 is 0 Å². The third-order valence-corrected chi connectivity index (χ3v) is 5.30. The third kappa shape index (κ3) is 3.30. The lowest BCUT2D eigenvalue weighted by Gasteiger charge is -2.35. The highest BCUT2D eigenvalue weighted by Gasteiger charge is 2.29. The Kier molecular flexibility index (Phi) is 4.61. The highest BCUT2D eigenvalue weighted by Crippen LogP contribution is 2.29. The van der Waals surface area contributed by atoms with Gasteiger partial charge in [0.2, 0.25) is 0 Å². The van der Waals surface area contributed by atoms with Crippen molar-refractivity contribution in [2.45, 2.75) is 26.1 Å². The molecule has 1 fully saturated rings. The number of morpholine rings is 1. The van der Waals surface area contributed by atoms with Gasteiger partial charge in [-0.3, -0.25) is 4.79 Å². The van der Waals surface area contributed by atoms with Gasteiger partial charge in [-0.25, -0.2) is 4.68 Å². The van der Waals surface area contributed by atoms with Gasteiger partial charge in [-0.2, -0.15) is 5.10 Å². The Morgan fingerprint density at radius 2 is 1.85 bits per heavy atom. The van der Waals surface area contributed by atoms with Crippen LogP contribution in [-0.4, -0.2) is 45.9 Å². The molecule has 1 aliphatic rings. The number of para-hydroxylation sites is 1. The molecule has 3 heterocycles. The molecule has 0 bridgehead atoms. The molecule has 26 heavy (non-hydrogen) atoms. The number of rotatable bonds is 3. The zero-order valence-electron chi connectivity index (χ0n) is 14.8. The summed E-state index contributed by atoms with van der Waals surface area (Å²) in [5, 5.41) is 6.73. The minimum atomic E-state index is 0.0116. The first-order chi connectivity index (χ1) is 12.6. The molecule has 5 nitrogen and oxygen atoms in total. The smallest absolute Gasteiger partial charge is 0.257 e. The zero-order valence-corrected chi connectivity index (χ0v) is 15.6. The monoisotopic (exact) mass is 367 g/mol. The maximum Gasteiger partial charge on any atom is 0.257 e. The number of ether oxygens (including phenoxy) is 1. The highest BCUT2D eigenvalue weighted by atomic mass is 32.1. The molecule has 1 saturated heterocycles. The summed E-state index contributed by atoms with van der Waals surface area (Å²) in [5.74, 6) is 0.0116. The van der Waals surface area contributed by atoms with Crippen LogP contribution < -0.4 is 0 Å². The van der Waals surface area contributed by atoms with Gasteiger partial charge in [0.25, 0.3) is 5.91 Å². The Labute approximate surface area is 156 Å². The van der Waals surface area contributed by atoms with Gasteiger partial charge in [0.1, 0.15) is 5.69 Å². The largest absolute Gasteiger partial charge is 0.372 e. The molecule has 1 aliphatic heterocycles. The number of aromatic nitrogens is 2. The third-order valence-electron chi connectivity index (χ3n) is 4.43. The second-order valence-corrected chi connectivity index (χ2v) is 7.56. The number of hydrogen-bond donors (Lipinski definition) is 0. The highest BCUT2D eigenvalue weighted by molar-refractivity contribution is 7.13. The molecule has 0 N–H and O–H groups in total. The van der Waals surface area contributed by atoms with Crippen LogP contribution in [-0.2, 0) is 4.74 Å². The van der Waals surface area contributed by atoms with Crippen LogP contribution >= 0.6 is 11.3 Å². The molecule has 3 aromatic rings. The normalized spacial score (nSPS) is 20.3. The predicted octanol–water partition coefficient (Wildman–Crippen LogP) is 3.85. The second kappa shape index (κ2) is 7.05. The summed E-state index contributed by atoms with van der Waals surface area (Å²) in [6, 6.07) is 13.9. The molecule has 0 spiro atoms. The molecule has 0 aliphatic carbocycles. The van der Waals surface area contributed by atoms with Crippen LogP contribution in [0.2, 0.25) is 0 Å². The summed E-state index contributed by atoms with van der Waals surface area (Å²) < 4.78 is 7.55. The Balaban J connectivity index is 1.74. The molecule has 1 amide bonds. The first-order valence-electron chi connectivity index (χ1n) is 8.75. The fourth-order valence-corrected chi connectivity index (χ4v) is 4.08. The van der Waals surface area contributed by atoms with Crippen molar-refractivity contribution in [2.24, 2.45) is 0 Å². The number of hydrogen-bond acceptors (Lipinski definition) is 4. The van der Waals surface area contributed by atoms with Crippen LogP contribution in [0, 0.1) is 0 Å². The fourth-order valence-electron chi connectivity index (χ4n) is 3.35. The quantitative estimate of drug-likeness (QED) is 0.706. The fraction of sp³-hybridized carbons (Fsp3) is 0.300. The molecule has 4 rings (SSSR count). The molecule has 0 saturated carbocycles. The number of amides is 1. The van der Waals surface area contributed by atoms with Crippen LogP contribution in [0.3, 0.4) is 0 Å². The van der Waals surface area contributed by atoms with Crippen molar-refractivity contribution in [1.29, 1.82) is 0 Å². The molecule has 2 aromatic heterocycles. The molecule has 6 heteroatoms. The van der Waals surface area contributed by atoms with Crippen LogP contribution in [0.4, 0.5) is 0 Å². The van der Waals surface area contributed by atoms with E-state index in [9.17, 15) is 4.79 Å². The Morgan fingerprint density at radius 1 is 1.12 bits per heavy atom. The summed E-state index contributed by atoms with van der Waals surface area (Å²) in [6.07, 6.45) is 1.92. The molecule has 2 atom stereocenters. The van der Waals surface area contributed by atoms with Crippen molar-refractivity contribution >= 4 is 17.2 Å². The summed E-state index contributed by atoms with van der Waals surface area (Å²) in [6.45, 7) is 5.21. The standard InChI is InChI=1S/C20H21N3O2S/c1-14-11-22(12-15(2)25-14)20(24)17-13-23(16-7-4-3-5-8-16)21-19(17)18-9-6-10-26-18/h3-10,13-15H,11-12H2,1-2H3/t14-,15+. The predicted molar refractivity (Wildman–Crippen MR) is 103 cm³/mol. The van der Waals surface area contributed by atoms with Crippen LogP contribution in [0.15, 0.2) is 54.0 Å². The Morgan fingerprint density at radius 3 is 2.50 bits per heavy atom. The van der Waals surface area contributed by atoms with Crippen LogP contribution in [0.25, 0.3) is 16.3 Å². The SMILES string of the molecule is C[C@@H]1CN(C(=O)c2cn(-c3ccccc3)nc2-c2cccs2)C[C@H](C)O1. The maximum absolute atomic E-state index is 13.3. The second-order valence-electron chi connectivity index (χ2n) is 6.62. The minimum absolute atomic E-state index is 0.0116. The van der Waals surface area contributed by atoms with E-state index in [1.165, 1.54) is 0 Å². The van der Waals surface area contributed by atoms with Gasteiger partial charge in [-0.05, 0) is 37.4 Å². The van der Waals surface area contributed by atoms with Gasteiger partial charge in [0.05, 0.1) is 28.3 Å². The number of benzene rings is 1. The van der Waals surface area contributed by atoms with Gasteiger partial charge in [-0.15, -0.1) is 11.3 Å². The summed E-state index contributed by atoms with van der Waals surface area (Å²) in [5.41, 5.74) is 2.31. The molecular weight excluding hydrogens is 346 g/mol. The number of carbonyl (C=O) groups is 1. The topological polar surface area (TPSA) is 47.4 Å². The molecule has 0 radical (unpaired) electrons. The molecule has 0 unspecified atom stereocenters. The minimum Gasteiger partial charge on any atom is -0.372 e. The van der Waals surface area contributed by atoms with Gasteiger partial charge < -0.3 is 9.64 Å². The zero-order chi connectivity index (χ0) is 18.1. The lowest BCUT2D eigenvalue weighted by atomic mass is 10.1. The van der Waals surface area contributed by atoms with Crippen molar-refractivity contribution in [3.8, 4) is 16.3 Å². The Bertz CT molecular complexity index is 879. The van der Waals surface area contributed by atoms with Gasteiger partial charge in [0, 0.05) is 19.3 Å². The average Bonchev–Trinajstić information content (AvgIpc) is 3.30. The molecular formula is C20H21N3O2S. The lowest BCUT2D eigenvalue weighted by molar-refractivity contribution is -0.0586. The van der Waals surface area contributed by atoms with E-state index in [4.69, 9.17) is 9.84 Å². The van der Waals surface area contributed by atoms with E-state index in [0.717, 1.165) is 16.3 Å². The van der Waals surface area contributed by atoms with E-state index in [1.54, 1.807) is 16.0 Å². The van der Waals surface area contributed by atoms with Gasteiger partial charge in [-0.1, -0.05) is 24.3 Å². The van der Waals surface area contributed by atoms with Crippen LogP contribution in [0.1, 0.15) is 24.2 Å². The first kappa shape index (κ1) is 17.0. The molecule has 1 aromatic carbocycles. The van der Waals surface area contributed by atoms with E-state index in [0.29, 0.717) is 18.7 Å². The lowest BCUT2D eigenvalue weighted by Crippen LogP contribution is -2.48. The van der Waals surface area contributed by atoms with Crippen molar-refractivity contribution in [2.75, 3.05) is 13.1 Å². The van der Waals surface area contributed by atoms with Crippen molar-refractivity contribution in [3.63, 3.8) is 0 Å². The number of thiophene rings is 1. The average molecular weight is 367 g/mol. The van der Waals surface area contributed by atoms with E-state index in [-0.39, 0.29) is 18.1 Å². The van der Waals surface area contributed by atoms with Gasteiger partial charge in [0.15, 0.2) is 0 Å². The summed E-state index contributed by atoms with van der Waals surface area (Å²) >= 11 is 1.59. The van der Waals surface area contributed by atoms with E-state index in [1.807, 2.05) is 72.8 Å². The van der Waals surface area contributed by atoms with E-state index in [2.05, 4.69) is 0 Å². The van der Waals surface area contributed by atoms with Crippen LogP contribution in [0.5, 0.6) is 0 Å². The first-order valence-corrected chi connectivity index (χ1v) is 9.63. The summed E-state index contributed by atoms with van der Waals surface area (Å²) in [7, 11) is 0. The number of carbonyl (C=O) groups excluding carboxylic acids is 1. The van der Waals surface area contributed by atoms with Crippen molar-refractivity contribution < 1.29 is 9.53 Å². The van der Waals surface area contributed by atoms with E-state index < -0.39 is 0 Å². The maximum atomic E-state index is 13.3. The van der Waals surface area contributed by atoms with Crippen molar-refractivity contribution in [1.82, 2.24) is 14.7 Å². The molecule has 134 valence electrons. The number of nitrogens with zero attached hydrogens (tertiary/aromatic N) is 3.